The number of nitrogens with one attached hydrogen (secondary N) is 2. The zero-order valence-electron chi connectivity index (χ0n) is 21.8. The van der Waals surface area contributed by atoms with Crippen LogP contribution in [0.15, 0.2) is 42.5 Å². The van der Waals surface area contributed by atoms with Crippen LogP contribution in [-0.2, 0) is 9.53 Å². The standard InChI is InChI=1S/C28H39N3O5/c1-19(2)17-31(22-8-6-5-7-9-22)25-15-14-23(36-26(18-35-4)27(32)33)16-24(25)30-28(34)29-21-12-10-20(3)11-13-21/h10-16,19,22,26H,5-9,17-18H2,1-4H3,(H,32,33)(H2,29,30,34). The minimum atomic E-state index is -1.15. The molecule has 8 heteroatoms. The molecule has 2 aromatic rings. The summed E-state index contributed by atoms with van der Waals surface area (Å²) in [6, 6.07) is 13.0. The molecule has 1 fully saturated rings. The van der Waals surface area contributed by atoms with Crippen LogP contribution in [0.25, 0.3) is 0 Å². The van der Waals surface area contributed by atoms with Crippen LogP contribution < -0.4 is 20.3 Å². The second-order valence-corrected chi connectivity index (χ2v) is 9.86. The molecule has 1 atom stereocenters. The molecule has 1 saturated carbocycles. The summed E-state index contributed by atoms with van der Waals surface area (Å²) in [6.45, 7) is 7.12. The summed E-state index contributed by atoms with van der Waals surface area (Å²) in [5.41, 5.74) is 3.27. The Hall–Kier alpha value is -3.26. The number of carboxylic acid groups (broad SMARTS) is 1. The molecule has 1 aliphatic carbocycles. The number of urea groups is 1. The first kappa shape index (κ1) is 27.3. The number of amides is 2. The number of methoxy groups -OCH3 is 1. The van der Waals surface area contributed by atoms with Gasteiger partial charge in [0.05, 0.1) is 18.0 Å². The van der Waals surface area contributed by atoms with Crippen LogP contribution in [-0.4, -0.2) is 49.5 Å². The van der Waals surface area contributed by atoms with Gasteiger partial charge in [0.2, 0.25) is 6.10 Å². The molecule has 196 valence electrons. The van der Waals surface area contributed by atoms with E-state index in [1.807, 2.05) is 37.3 Å². The van der Waals surface area contributed by atoms with Gasteiger partial charge in [0, 0.05) is 31.5 Å². The summed E-state index contributed by atoms with van der Waals surface area (Å²) in [4.78, 5) is 27.0. The summed E-state index contributed by atoms with van der Waals surface area (Å²) in [7, 11) is 1.43. The Morgan fingerprint density at radius 3 is 2.36 bits per heavy atom. The number of benzene rings is 2. The molecule has 8 nitrogen and oxygen atoms in total. The summed E-state index contributed by atoms with van der Waals surface area (Å²) >= 11 is 0. The predicted molar refractivity (Wildman–Crippen MR) is 143 cm³/mol. The summed E-state index contributed by atoms with van der Waals surface area (Å²) in [5, 5.41) is 15.4. The molecule has 36 heavy (non-hydrogen) atoms. The van der Waals surface area contributed by atoms with Crippen LogP contribution in [0.3, 0.4) is 0 Å². The third-order valence-electron chi connectivity index (χ3n) is 6.28. The average Bonchev–Trinajstić information content (AvgIpc) is 2.84. The van der Waals surface area contributed by atoms with Crippen molar-refractivity contribution in [2.24, 2.45) is 5.92 Å². The maximum absolute atomic E-state index is 13.0. The van der Waals surface area contributed by atoms with Crippen molar-refractivity contribution in [1.82, 2.24) is 0 Å². The third kappa shape index (κ3) is 7.88. The number of carboxylic acids is 1. The van der Waals surface area contributed by atoms with E-state index in [0.29, 0.717) is 29.1 Å². The van der Waals surface area contributed by atoms with Crippen LogP contribution >= 0.6 is 0 Å². The lowest BCUT2D eigenvalue weighted by Gasteiger charge is -2.38. The van der Waals surface area contributed by atoms with E-state index in [1.54, 1.807) is 12.1 Å². The van der Waals surface area contributed by atoms with E-state index in [2.05, 4.69) is 29.4 Å². The molecule has 1 unspecified atom stereocenters. The molecular weight excluding hydrogens is 458 g/mol. The number of hydrogen-bond acceptors (Lipinski definition) is 5. The highest BCUT2D eigenvalue weighted by Crippen LogP contribution is 2.36. The van der Waals surface area contributed by atoms with Crippen LogP contribution in [0.2, 0.25) is 0 Å². The van der Waals surface area contributed by atoms with Crippen LogP contribution in [0.5, 0.6) is 5.75 Å². The van der Waals surface area contributed by atoms with Gasteiger partial charge in [-0.2, -0.15) is 0 Å². The van der Waals surface area contributed by atoms with Gasteiger partial charge in [0.25, 0.3) is 0 Å². The highest BCUT2D eigenvalue weighted by molar-refractivity contribution is 6.02. The maximum Gasteiger partial charge on any atom is 0.347 e. The first-order valence-corrected chi connectivity index (χ1v) is 12.7. The van der Waals surface area contributed by atoms with Crippen molar-refractivity contribution in [2.75, 3.05) is 35.8 Å². The SMILES string of the molecule is COCC(Oc1ccc(N(CC(C)C)C2CCCCC2)c(NC(=O)Nc2ccc(C)cc2)c1)C(=O)O. The first-order chi connectivity index (χ1) is 17.3. The molecule has 0 spiro atoms. The minimum Gasteiger partial charge on any atom is -0.478 e. The van der Waals surface area contributed by atoms with Crippen molar-refractivity contribution >= 4 is 29.1 Å². The normalized spacial score (nSPS) is 14.8. The Morgan fingerprint density at radius 2 is 1.75 bits per heavy atom. The van der Waals surface area contributed by atoms with Gasteiger partial charge in [-0.25, -0.2) is 9.59 Å². The number of hydrogen-bond donors (Lipinski definition) is 3. The van der Waals surface area contributed by atoms with Gasteiger partial charge >= 0.3 is 12.0 Å². The highest BCUT2D eigenvalue weighted by Gasteiger charge is 2.26. The summed E-state index contributed by atoms with van der Waals surface area (Å²) < 4.78 is 10.7. The van der Waals surface area contributed by atoms with Gasteiger partial charge in [0.1, 0.15) is 5.75 Å². The van der Waals surface area contributed by atoms with Gasteiger partial charge < -0.3 is 30.1 Å². The van der Waals surface area contributed by atoms with E-state index in [-0.39, 0.29) is 12.6 Å². The van der Waals surface area contributed by atoms with Gasteiger partial charge in [-0.15, -0.1) is 0 Å². The first-order valence-electron chi connectivity index (χ1n) is 12.7. The van der Waals surface area contributed by atoms with Crippen molar-refractivity contribution in [3.05, 3.63) is 48.0 Å². The third-order valence-corrected chi connectivity index (χ3v) is 6.28. The van der Waals surface area contributed by atoms with Crippen molar-refractivity contribution in [2.45, 2.75) is 65.0 Å². The van der Waals surface area contributed by atoms with Crippen molar-refractivity contribution < 1.29 is 24.2 Å². The summed E-state index contributed by atoms with van der Waals surface area (Å²) in [5.74, 6) is -0.339. The van der Waals surface area contributed by atoms with Gasteiger partial charge in [-0.05, 0) is 49.9 Å². The number of ether oxygens (including phenoxy) is 2. The number of nitrogens with zero attached hydrogens (tertiary/aromatic N) is 1. The molecule has 0 bridgehead atoms. The number of carbonyl (C=O) groups excluding carboxylic acids is 1. The number of aliphatic carboxylic acids is 1. The number of carbonyl (C=O) groups is 2. The lowest BCUT2D eigenvalue weighted by atomic mass is 9.93. The van der Waals surface area contributed by atoms with Gasteiger partial charge in [0.15, 0.2) is 0 Å². The van der Waals surface area contributed by atoms with E-state index in [9.17, 15) is 14.7 Å². The molecule has 2 amide bonds. The molecule has 0 radical (unpaired) electrons. The molecule has 0 aliphatic heterocycles. The fraction of sp³-hybridized carbons (Fsp3) is 0.500. The van der Waals surface area contributed by atoms with Crippen molar-refractivity contribution in [3.8, 4) is 5.75 Å². The zero-order chi connectivity index (χ0) is 26.1. The molecule has 0 saturated heterocycles. The van der Waals surface area contributed by atoms with Crippen molar-refractivity contribution in [3.63, 3.8) is 0 Å². The Labute approximate surface area is 214 Å². The molecule has 0 heterocycles. The number of aryl methyl sites for hydroxylation is 1. The van der Waals surface area contributed by atoms with E-state index < -0.39 is 12.1 Å². The smallest absolute Gasteiger partial charge is 0.347 e. The molecule has 1 aliphatic rings. The second-order valence-electron chi connectivity index (χ2n) is 9.86. The average molecular weight is 498 g/mol. The minimum absolute atomic E-state index is 0.0880. The lowest BCUT2D eigenvalue weighted by molar-refractivity contribution is -0.147. The van der Waals surface area contributed by atoms with E-state index >= 15 is 0 Å². The number of rotatable bonds is 11. The fourth-order valence-electron chi connectivity index (χ4n) is 4.56. The summed E-state index contributed by atoms with van der Waals surface area (Å²) in [6.07, 6.45) is 4.69. The lowest BCUT2D eigenvalue weighted by Crippen LogP contribution is -2.40. The molecule has 3 rings (SSSR count). The molecule has 3 N–H and O–H groups in total. The van der Waals surface area contributed by atoms with Crippen LogP contribution in [0.1, 0.15) is 51.5 Å². The number of anilines is 3. The van der Waals surface area contributed by atoms with E-state index in [0.717, 1.165) is 30.6 Å². The second kappa shape index (κ2) is 13.2. The molecule has 2 aromatic carbocycles. The maximum atomic E-state index is 13.0. The Kier molecular flexibility index (Phi) is 9.99. The quantitative estimate of drug-likeness (QED) is 0.357. The Balaban J connectivity index is 1.93. The monoisotopic (exact) mass is 497 g/mol. The highest BCUT2D eigenvalue weighted by atomic mass is 16.5. The Bertz CT molecular complexity index is 1000. The zero-order valence-corrected chi connectivity index (χ0v) is 21.8. The van der Waals surface area contributed by atoms with Gasteiger partial charge in [-0.1, -0.05) is 50.8 Å². The Morgan fingerprint density at radius 1 is 1.06 bits per heavy atom. The van der Waals surface area contributed by atoms with Gasteiger partial charge in [-0.3, -0.25) is 0 Å². The van der Waals surface area contributed by atoms with Crippen LogP contribution in [0.4, 0.5) is 21.9 Å². The van der Waals surface area contributed by atoms with E-state index in [4.69, 9.17) is 9.47 Å². The molecule has 0 aromatic heterocycles. The predicted octanol–water partition coefficient (Wildman–Crippen LogP) is 5.91. The van der Waals surface area contributed by atoms with Crippen molar-refractivity contribution in [1.29, 1.82) is 0 Å². The molecular formula is C28H39N3O5. The van der Waals surface area contributed by atoms with Crippen LogP contribution in [0, 0.1) is 12.8 Å². The topological polar surface area (TPSA) is 100 Å². The fourth-order valence-corrected chi connectivity index (χ4v) is 4.56. The van der Waals surface area contributed by atoms with E-state index in [1.165, 1.54) is 26.4 Å². The largest absolute Gasteiger partial charge is 0.478 e.